The van der Waals surface area contributed by atoms with Gasteiger partial charge >= 0.3 is 5.97 Å². The summed E-state index contributed by atoms with van der Waals surface area (Å²) in [7, 11) is 3.06. The summed E-state index contributed by atoms with van der Waals surface area (Å²) < 4.78 is 26.4. The van der Waals surface area contributed by atoms with E-state index < -0.39 is 5.54 Å². The van der Waals surface area contributed by atoms with Crippen molar-refractivity contribution in [1.29, 1.82) is 0 Å². The first-order chi connectivity index (χ1) is 19.0. The Morgan fingerprint density at radius 3 is 2.36 bits per heavy atom. The van der Waals surface area contributed by atoms with Gasteiger partial charge in [-0.3, -0.25) is 0 Å². The van der Waals surface area contributed by atoms with E-state index in [9.17, 15) is 9.18 Å². The third-order valence-corrected chi connectivity index (χ3v) is 8.52. The molecule has 0 saturated carbocycles. The number of hydrogen-bond acceptors (Lipinski definition) is 5. The lowest BCUT2D eigenvalue weighted by Crippen LogP contribution is -2.56. The molecule has 0 aromatic heterocycles. The molecule has 4 aromatic carbocycles. The van der Waals surface area contributed by atoms with Gasteiger partial charge in [0, 0.05) is 28.3 Å². The summed E-state index contributed by atoms with van der Waals surface area (Å²) in [5, 5.41) is 0. The van der Waals surface area contributed by atoms with Gasteiger partial charge in [0.15, 0.2) is 5.54 Å². The lowest BCUT2D eigenvalue weighted by molar-refractivity contribution is -0.148. The van der Waals surface area contributed by atoms with Gasteiger partial charge in [-0.25, -0.2) is 9.18 Å². The van der Waals surface area contributed by atoms with Gasteiger partial charge in [-0.05, 0) is 77.7 Å². The highest BCUT2D eigenvalue weighted by molar-refractivity contribution is 9.10. The minimum absolute atomic E-state index is 0.179. The molecule has 0 amide bonds. The molecule has 2 bridgehead atoms. The Morgan fingerprint density at radius 2 is 1.69 bits per heavy atom. The monoisotopic (exact) mass is 586 g/mol. The van der Waals surface area contributed by atoms with Crippen molar-refractivity contribution in [1.82, 2.24) is 0 Å². The van der Waals surface area contributed by atoms with Gasteiger partial charge in [-0.15, -0.1) is 0 Å². The number of esters is 1. The maximum absolute atomic E-state index is 14.2. The third kappa shape index (κ3) is 4.07. The number of halogens is 2. The van der Waals surface area contributed by atoms with E-state index in [1.54, 1.807) is 19.2 Å². The molecule has 2 heterocycles. The van der Waals surface area contributed by atoms with Gasteiger partial charge < -0.3 is 19.3 Å². The summed E-state index contributed by atoms with van der Waals surface area (Å²) in [4.78, 5) is 18.8. The topological polar surface area (TPSA) is 42.0 Å². The molecule has 0 unspecified atom stereocenters. The average Bonchev–Trinajstić information content (AvgIpc) is 3.29. The first-order valence-electron chi connectivity index (χ1n) is 12.8. The predicted octanol–water partition coefficient (Wildman–Crippen LogP) is 7.01. The normalized spacial score (nSPS) is 21.4. The number of carbonyl (C=O) groups is 1. The zero-order valence-corrected chi connectivity index (χ0v) is 23.3. The van der Waals surface area contributed by atoms with Gasteiger partial charge in [0.2, 0.25) is 0 Å². The summed E-state index contributed by atoms with van der Waals surface area (Å²) in [6.45, 7) is 0.644. The Balaban J connectivity index is 1.65. The molecule has 4 aromatic rings. The molecule has 0 N–H and O–H groups in total. The fourth-order valence-electron chi connectivity index (χ4n) is 6.38. The molecule has 5 nitrogen and oxygen atoms in total. The third-order valence-electron chi connectivity index (χ3n) is 7.99. The highest BCUT2D eigenvalue weighted by Gasteiger charge is 2.64. The molecule has 0 aliphatic carbocycles. The Morgan fingerprint density at radius 1 is 0.974 bits per heavy atom. The summed E-state index contributed by atoms with van der Waals surface area (Å²) in [5.41, 5.74) is 3.50. The summed E-state index contributed by atoms with van der Waals surface area (Å²) in [5.74, 6) is -0.310. The van der Waals surface area contributed by atoms with Crippen molar-refractivity contribution in [2.24, 2.45) is 0 Å². The Kier molecular flexibility index (Phi) is 6.55. The van der Waals surface area contributed by atoms with Crippen LogP contribution in [-0.4, -0.2) is 26.4 Å². The van der Waals surface area contributed by atoms with Crippen LogP contribution >= 0.6 is 15.9 Å². The van der Waals surface area contributed by atoms with E-state index in [-0.39, 0.29) is 23.9 Å². The van der Waals surface area contributed by atoms with Crippen molar-refractivity contribution in [3.05, 3.63) is 124 Å². The molecule has 2 aliphatic heterocycles. The van der Waals surface area contributed by atoms with Crippen LogP contribution in [0.25, 0.3) is 0 Å². The van der Waals surface area contributed by atoms with Crippen LogP contribution in [0.3, 0.4) is 0 Å². The first kappa shape index (κ1) is 25.4. The van der Waals surface area contributed by atoms with Crippen LogP contribution in [-0.2, 0) is 21.6 Å². The minimum Gasteiger partial charge on any atom is -0.497 e. The number of anilines is 2. The highest BCUT2D eigenvalue weighted by Crippen LogP contribution is 2.60. The van der Waals surface area contributed by atoms with Gasteiger partial charge in [0.25, 0.3) is 0 Å². The minimum atomic E-state index is -1.24. The second kappa shape index (κ2) is 10.0. The van der Waals surface area contributed by atoms with Crippen LogP contribution < -0.4 is 14.5 Å². The zero-order chi connectivity index (χ0) is 27.1. The van der Waals surface area contributed by atoms with Crippen molar-refractivity contribution < 1.29 is 18.7 Å². The number of carbonyl (C=O) groups excluding carboxylic acids is 1. The Labute approximate surface area is 235 Å². The number of nitrogens with zero attached hydrogens (tertiary/aromatic N) is 2. The standard InChI is InChI=1S/C32H28BrFN2O3/c1-38-26-16-17-29-27(18-26)28-19-30(35(29)20-21-6-4-3-5-7-21)36(25-14-10-23(33)11-15-25)32(28,31(37)39-2)22-8-12-24(34)13-9-22/h3-18,28,30H,19-20H2,1-2H3/t28-,30-,32-/m0/s1. The molecule has 0 radical (unpaired) electrons. The molecule has 1 fully saturated rings. The van der Waals surface area contributed by atoms with Crippen molar-refractivity contribution in [3.8, 4) is 5.75 Å². The molecule has 6 rings (SSSR count). The van der Waals surface area contributed by atoms with Crippen molar-refractivity contribution >= 4 is 33.3 Å². The largest absolute Gasteiger partial charge is 0.497 e. The van der Waals surface area contributed by atoms with Gasteiger partial charge in [-0.1, -0.05) is 58.4 Å². The quantitative estimate of drug-likeness (QED) is 0.227. The lowest BCUT2D eigenvalue weighted by Gasteiger charge is -2.44. The molecular formula is C32H28BrFN2O3. The van der Waals surface area contributed by atoms with E-state index in [4.69, 9.17) is 9.47 Å². The molecule has 0 spiro atoms. The van der Waals surface area contributed by atoms with Crippen molar-refractivity contribution in [2.75, 3.05) is 24.0 Å². The average molecular weight is 587 g/mol. The fourth-order valence-corrected chi connectivity index (χ4v) is 6.64. The summed E-state index contributed by atoms with van der Waals surface area (Å²) in [6, 6.07) is 30.6. The maximum Gasteiger partial charge on any atom is 0.337 e. The van der Waals surface area contributed by atoms with Crippen LogP contribution in [0.15, 0.2) is 102 Å². The smallest absolute Gasteiger partial charge is 0.337 e. The van der Waals surface area contributed by atoms with Gasteiger partial charge in [-0.2, -0.15) is 0 Å². The number of hydrogen-bond donors (Lipinski definition) is 0. The van der Waals surface area contributed by atoms with Crippen LogP contribution in [0, 0.1) is 5.82 Å². The van der Waals surface area contributed by atoms with E-state index >= 15 is 0 Å². The lowest BCUT2D eigenvalue weighted by atomic mass is 9.73. The van der Waals surface area contributed by atoms with E-state index in [2.05, 4.69) is 43.9 Å². The Hall–Kier alpha value is -3.84. The first-order valence-corrected chi connectivity index (χ1v) is 13.6. The van der Waals surface area contributed by atoms with E-state index in [0.29, 0.717) is 24.3 Å². The van der Waals surface area contributed by atoms with Crippen LogP contribution in [0.5, 0.6) is 5.75 Å². The Bertz CT molecular complexity index is 1500. The highest BCUT2D eigenvalue weighted by atomic mass is 79.9. The molecule has 1 saturated heterocycles. The van der Waals surface area contributed by atoms with E-state index in [0.717, 1.165) is 27.0 Å². The van der Waals surface area contributed by atoms with Gasteiger partial charge in [0.1, 0.15) is 17.7 Å². The molecule has 3 atom stereocenters. The number of ether oxygens (including phenoxy) is 2. The van der Waals surface area contributed by atoms with Crippen molar-refractivity contribution in [3.63, 3.8) is 0 Å². The molecule has 7 heteroatoms. The summed E-state index contributed by atoms with van der Waals surface area (Å²) in [6.07, 6.45) is 0.483. The van der Waals surface area contributed by atoms with Crippen molar-refractivity contribution in [2.45, 2.75) is 30.6 Å². The van der Waals surface area contributed by atoms with Gasteiger partial charge in [0.05, 0.1) is 14.2 Å². The van der Waals surface area contributed by atoms with Crippen LogP contribution in [0.4, 0.5) is 15.8 Å². The summed E-state index contributed by atoms with van der Waals surface area (Å²) >= 11 is 3.55. The molecule has 2 aliphatic rings. The number of benzene rings is 4. The second-order valence-corrected chi connectivity index (χ2v) is 10.8. The number of fused-ring (bicyclic) bond motifs is 5. The fraction of sp³-hybridized carbons (Fsp3) is 0.219. The van der Waals surface area contributed by atoms with E-state index in [1.807, 2.05) is 54.6 Å². The van der Waals surface area contributed by atoms with E-state index in [1.165, 1.54) is 19.2 Å². The molecular weight excluding hydrogens is 559 g/mol. The second-order valence-electron chi connectivity index (χ2n) is 9.92. The molecule has 39 heavy (non-hydrogen) atoms. The zero-order valence-electron chi connectivity index (χ0n) is 21.7. The van der Waals surface area contributed by atoms with Crippen LogP contribution in [0.2, 0.25) is 0 Å². The molecule has 198 valence electrons. The predicted molar refractivity (Wildman–Crippen MR) is 153 cm³/mol. The maximum atomic E-state index is 14.2. The van der Waals surface area contributed by atoms with Crippen LogP contribution in [0.1, 0.15) is 29.0 Å². The number of rotatable bonds is 6. The number of methoxy groups -OCH3 is 2. The SMILES string of the molecule is COC(=O)[C@]1(c2ccc(F)cc2)[C@H]2C[C@@H](N(Cc3ccccc3)c3ccc(OC)cc32)N1c1ccc(Br)cc1.